The summed E-state index contributed by atoms with van der Waals surface area (Å²) in [6, 6.07) is 11.1. The van der Waals surface area contributed by atoms with E-state index in [0.717, 1.165) is 31.6 Å². The molecule has 1 atom stereocenters. The van der Waals surface area contributed by atoms with E-state index >= 15 is 0 Å². The normalized spacial score (nSPS) is 12.5. The fraction of sp³-hybridized carbons (Fsp3) is 0.474. The van der Waals surface area contributed by atoms with Crippen molar-refractivity contribution in [2.24, 2.45) is 0 Å². The number of rotatable bonds is 8. The highest BCUT2D eigenvalue weighted by atomic mass is 16.3. The number of aryl methyl sites for hydroxylation is 3. The Morgan fingerprint density at radius 1 is 1.10 bits per heavy atom. The van der Waals surface area contributed by atoms with Crippen molar-refractivity contribution in [3.8, 4) is 0 Å². The van der Waals surface area contributed by atoms with Gasteiger partial charge in [-0.05, 0) is 68.5 Å². The maximum Gasteiger partial charge on any atom is 0.103 e. The van der Waals surface area contributed by atoms with E-state index in [9.17, 15) is 0 Å². The Balaban J connectivity index is 2.01. The van der Waals surface area contributed by atoms with Crippen molar-refractivity contribution in [2.45, 2.75) is 52.5 Å². The third-order valence-electron chi connectivity index (χ3n) is 4.10. The molecular formula is C19H27NO. The molecule has 2 rings (SSSR count). The van der Waals surface area contributed by atoms with Crippen LogP contribution in [0.4, 0.5) is 0 Å². The maximum atomic E-state index is 5.46. The smallest absolute Gasteiger partial charge is 0.103 e. The van der Waals surface area contributed by atoms with Crippen LogP contribution in [0.15, 0.2) is 41.0 Å². The second-order valence-corrected chi connectivity index (χ2v) is 5.84. The van der Waals surface area contributed by atoms with Crippen LogP contribution in [0.3, 0.4) is 0 Å². The minimum atomic E-state index is 0.509. The van der Waals surface area contributed by atoms with E-state index in [0.29, 0.717) is 6.04 Å². The SMILES string of the molecule is CCCNC(CCc1ccco1)Cc1c(C)cccc1C. The molecule has 0 aliphatic rings. The lowest BCUT2D eigenvalue weighted by molar-refractivity contribution is 0.440. The molecule has 0 bridgehead atoms. The summed E-state index contributed by atoms with van der Waals surface area (Å²) in [5.74, 6) is 1.08. The first kappa shape index (κ1) is 15.8. The van der Waals surface area contributed by atoms with Crippen LogP contribution in [0.2, 0.25) is 0 Å². The summed E-state index contributed by atoms with van der Waals surface area (Å²) >= 11 is 0. The Labute approximate surface area is 128 Å². The van der Waals surface area contributed by atoms with Gasteiger partial charge in [-0.15, -0.1) is 0 Å². The van der Waals surface area contributed by atoms with Crippen molar-refractivity contribution in [1.29, 1.82) is 0 Å². The van der Waals surface area contributed by atoms with E-state index in [1.165, 1.54) is 23.1 Å². The Kier molecular flexibility index (Phi) is 6.06. The molecule has 2 nitrogen and oxygen atoms in total. The number of furan rings is 1. The Morgan fingerprint density at radius 3 is 2.48 bits per heavy atom. The quantitative estimate of drug-likeness (QED) is 0.775. The average molecular weight is 285 g/mol. The molecule has 2 aromatic rings. The minimum Gasteiger partial charge on any atom is -0.469 e. The highest BCUT2D eigenvalue weighted by molar-refractivity contribution is 5.34. The van der Waals surface area contributed by atoms with Gasteiger partial charge in [0.05, 0.1) is 6.26 Å². The lowest BCUT2D eigenvalue weighted by atomic mass is 9.94. The molecule has 1 heterocycles. The van der Waals surface area contributed by atoms with E-state index in [4.69, 9.17) is 4.42 Å². The second-order valence-electron chi connectivity index (χ2n) is 5.84. The molecule has 1 aromatic carbocycles. The van der Waals surface area contributed by atoms with Crippen LogP contribution in [0.5, 0.6) is 0 Å². The third-order valence-corrected chi connectivity index (χ3v) is 4.10. The van der Waals surface area contributed by atoms with Gasteiger partial charge >= 0.3 is 0 Å². The van der Waals surface area contributed by atoms with Crippen LogP contribution in [0.1, 0.15) is 42.2 Å². The van der Waals surface area contributed by atoms with Gasteiger partial charge in [0.15, 0.2) is 0 Å². The molecular weight excluding hydrogens is 258 g/mol. The molecule has 0 spiro atoms. The Bertz CT molecular complexity index is 510. The monoisotopic (exact) mass is 285 g/mol. The van der Waals surface area contributed by atoms with Gasteiger partial charge in [0, 0.05) is 12.5 Å². The van der Waals surface area contributed by atoms with E-state index in [2.05, 4.69) is 50.4 Å². The molecule has 1 aromatic heterocycles. The zero-order valence-corrected chi connectivity index (χ0v) is 13.5. The van der Waals surface area contributed by atoms with Crippen molar-refractivity contribution in [1.82, 2.24) is 5.32 Å². The summed E-state index contributed by atoms with van der Waals surface area (Å²) in [5, 5.41) is 3.69. The van der Waals surface area contributed by atoms with Gasteiger partial charge in [0.1, 0.15) is 5.76 Å². The van der Waals surface area contributed by atoms with E-state index < -0.39 is 0 Å². The fourth-order valence-corrected chi connectivity index (χ4v) is 2.81. The summed E-state index contributed by atoms with van der Waals surface area (Å²) in [4.78, 5) is 0. The average Bonchev–Trinajstić information content (AvgIpc) is 2.98. The van der Waals surface area contributed by atoms with Crippen LogP contribution >= 0.6 is 0 Å². The number of hydrogen-bond donors (Lipinski definition) is 1. The predicted octanol–water partition coefficient (Wildman–Crippen LogP) is 4.44. The first-order valence-corrected chi connectivity index (χ1v) is 8.01. The molecule has 0 radical (unpaired) electrons. The molecule has 0 saturated carbocycles. The van der Waals surface area contributed by atoms with Gasteiger partial charge in [-0.1, -0.05) is 25.1 Å². The van der Waals surface area contributed by atoms with Gasteiger partial charge < -0.3 is 9.73 Å². The molecule has 0 fully saturated rings. The fourth-order valence-electron chi connectivity index (χ4n) is 2.81. The van der Waals surface area contributed by atoms with Crippen molar-refractivity contribution in [2.75, 3.05) is 6.54 Å². The molecule has 0 aliphatic carbocycles. The molecule has 0 amide bonds. The molecule has 1 N–H and O–H groups in total. The van der Waals surface area contributed by atoms with E-state index in [-0.39, 0.29) is 0 Å². The molecule has 114 valence electrons. The molecule has 21 heavy (non-hydrogen) atoms. The summed E-state index contributed by atoms with van der Waals surface area (Å²) in [6.45, 7) is 7.72. The highest BCUT2D eigenvalue weighted by Gasteiger charge is 2.13. The van der Waals surface area contributed by atoms with Crippen LogP contribution in [0.25, 0.3) is 0 Å². The Morgan fingerprint density at radius 2 is 1.86 bits per heavy atom. The van der Waals surface area contributed by atoms with Gasteiger partial charge in [-0.25, -0.2) is 0 Å². The summed E-state index contributed by atoms with van der Waals surface area (Å²) in [6.07, 6.45) is 6.14. The van der Waals surface area contributed by atoms with Gasteiger partial charge in [0.2, 0.25) is 0 Å². The predicted molar refractivity (Wildman–Crippen MR) is 88.7 cm³/mol. The summed E-state index contributed by atoms with van der Waals surface area (Å²) in [7, 11) is 0. The summed E-state index contributed by atoms with van der Waals surface area (Å²) in [5.41, 5.74) is 4.29. The van der Waals surface area contributed by atoms with Gasteiger partial charge in [-0.3, -0.25) is 0 Å². The minimum absolute atomic E-state index is 0.509. The first-order chi connectivity index (χ1) is 10.2. The molecule has 0 saturated heterocycles. The molecule has 0 aliphatic heterocycles. The zero-order chi connectivity index (χ0) is 15.1. The van der Waals surface area contributed by atoms with Crippen LogP contribution in [0, 0.1) is 13.8 Å². The van der Waals surface area contributed by atoms with Crippen molar-refractivity contribution >= 4 is 0 Å². The molecule has 2 heteroatoms. The zero-order valence-electron chi connectivity index (χ0n) is 13.5. The van der Waals surface area contributed by atoms with Crippen molar-refractivity contribution in [3.05, 3.63) is 59.0 Å². The van der Waals surface area contributed by atoms with Crippen LogP contribution in [-0.2, 0) is 12.8 Å². The Hall–Kier alpha value is -1.54. The van der Waals surface area contributed by atoms with Gasteiger partial charge in [0.25, 0.3) is 0 Å². The number of hydrogen-bond acceptors (Lipinski definition) is 2. The van der Waals surface area contributed by atoms with E-state index in [1.807, 2.05) is 6.07 Å². The van der Waals surface area contributed by atoms with Crippen molar-refractivity contribution < 1.29 is 4.42 Å². The lowest BCUT2D eigenvalue weighted by Gasteiger charge is -2.20. The topological polar surface area (TPSA) is 25.2 Å². The summed E-state index contributed by atoms with van der Waals surface area (Å²) < 4.78 is 5.46. The number of nitrogens with one attached hydrogen (secondary N) is 1. The van der Waals surface area contributed by atoms with Crippen LogP contribution < -0.4 is 5.32 Å². The maximum absolute atomic E-state index is 5.46. The second kappa shape index (κ2) is 8.04. The lowest BCUT2D eigenvalue weighted by Crippen LogP contribution is -2.32. The number of benzene rings is 1. The first-order valence-electron chi connectivity index (χ1n) is 8.01. The highest BCUT2D eigenvalue weighted by Crippen LogP contribution is 2.17. The van der Waals surface area contributed by atoms with Crippen molar-refractivity contribution in [3.63, 3.8) is 0 Å². The van der Waals surface area contributed by atoms with Crippen LogP contribution in [-0.4, -0.2) is 12.6 Å². The third kappa shape index (κ3) is 4.75. The standard InChI is InChI=1S/C19H27NO/c1-4-12-20-17(10-11-18-9-6-13-21-18)14-19-15(2)7-5-8-16(19)3/h5-9,13,17,20H,4,10-12,14H2,1-3H3. The van der Waals surface area contributed by atoms with E-state index in [1.54, 1.807) is 6.26 Å². The van der Waals surface area contributed by atoms with Gasteiger partial charge in [-0.2, -0.15) is 0 Å². The molecule has 1 unspecified atom stereocenters. The largest absolute Gasteiger partial charge is 0.469 e.